The van der Waals surface area contributed by atoms with Crippen LogP contribution in [0.1, 0.15) is 35.2 Å². The number of aliphatic hydroxyl groups is 1. The summed E-state index contributed by atoms with van der Waals surface area (Å²) in [5, 5.41) is 18.0. The van der Waals surface area contributed by atoms with Gasteiger partial charge in [-0.2, -0.15) is 0 Å². The molecule has 0 aliphatic carbocycles. The van der Waals surface area contributed by atoms with Gasteiger partial charge in [0.05, 0.1) is 52.2 Å². The predicted octanol–water partition coefficient (Wildman–Crippen LogP) is 0.301. The highest BCUT2D eigenvalue weighted by molar-refractivity contribution is 6.05. The van der Waals surface area contributed by atoms with Gasteiger partial charge < -0.3 is 50.4 Å². The van der Waals surface area contributed by atoms with E-state index in [4.69, 9.17) is 19.9 Å². The normalized spacial score (nSPS) is 18.1. The van der Waals surface area contributed by atoms with E-state index in [1.165, 1.54) is 4.90 Å². The summed E-state index contributed by atoms with van der Waals surface area (Å²) in [4.78, 5) is 66.8. The van der Waals surface area contributed by atoms with Crippen molar-refractivity contribution in [2.75, 3.05) is 88.3 Å². The molecular formula is C34H45N7O9. The Labute approximate surface area is 290 Å². The molecule has 2 aromatic carbocycles. The number of benzene rings is 2. The van der Waals surface area contributed by atoms with Crippen LogP contribution < -0.4 is 26.6 Å². The van der Waals surface area contributed by atoms with Gasteiger partial charge in [0, 0.05) is 68.3 Å². The number of piperidine rings is 1. The monoisotopic (exact) mass is 695 g/mol. The number of carbonyl (C=O) groups is 5. The maximum atomic E-state index is 12.8. The number of hydrogen-bond acceptors (Lipinski definition) is 11. The standard InChI is InChI=1S/C34H45N7O9/c35-24-1-4-26(5-2-24)39-10-12-40(13-11-39)34(47)36-20-27(42)22-50-18-17-49-16-15-48-14-9-31(44)37-25-3-6-28-23(19-25)21-41(33(28)46)29-7-8-30(43)38-32(29)45/h1-6,19,27,29,42H,7-18,20-22,35H2,(H,36,47)(H,37,44)(H,38,43,45). The molecule has 16 heteroatoms. The number of aliphatic hydroxyl groups excluding tert-OH is 1. The van der Waals surface area contributed by atoms with Crippen molar-refractivity contribution in [1.82, 2.24) is 20.4 Å². The molecule has 3 aliphatic rings. The summed E-state index contributed by atoms with van der Waals surface area (Å²) in [7, 11) is 0. The molecule has 16 nitrogen and oxygen atoms in total. The number of anilines is 3. The molecular weight excluding hydrogens is 650 g/mol. The van der Waals surface area contributed by atoms with E-state index in [-0.39, 0.29) is 82.5 Å². The first-order valence-electron chi connectivity index (χ1n) is 16.8. The molecule has 0 bridgehead atoms. The first kappa shape index (κ1) is 36.5. The molecule has 6 N–H and O–H groups in total. The summed E-state index contributed by atoms with van der Waals surface area (Å²) < 4.78 is 16.4. The SMILES string of the molecule is Nc1ccc(N2CCN(C(=O)NCC(O)COCCOCCOCCC(=O)Nc3ccc4c(c3)CN(C3CCC(=O)NC3=O)C4=O)CC2)cc1. The number of imide groups is 1. The van der Waals surface area contributed by atoms with Gasteiger partial charge in [0.15, 0.2) is 0 Å². The van der Waals surface area contributed by atoms with Gasteiger partial charge in [0.25, 0.3) is 5.91 Å². The molecule has 2 fully saturated rings. The Balaban J connectivity index is 0.853. The Bertz CT molecular complexity index is 1510. The topological polar surface area (TPSA) is 205 Å². The van der Waals surface area contributed by atoms with Crippen molar-refractivity contribution < 1.29 is 43.3 Å². The summed E-state index contributed by atoms with van der Waals surface area (Å²) in [6.07, 6.45) is -0.263. The third kappa shape index (κ3) is 10.1. The van der Waals surface area contributed by atoms with E-state index in [1.807, 2.05) is 24.3 Å². The van der Waals surface area contributed by atoms with Crippen molar-refractivity contribution in [2.24, 2.45) is 0 Å². The highest BCUT2D eigenvalue weighted by atomic mass is 16.5. The van der Waals surface area contributed by atoms with Gasteiger partial charge in [-0.05, 0) is 54.4 Å². The van der Waals surface area contributed by atoms with Crippen molar-refractivity contribution >= 4 is 46.7 Å². The molecule has 0 radical (unpaired) electrons. The number of fused-ring (bicyclic) bond motifs is 1. The lowest BCUT2D eigenvalue weighted by Gasteiger charge is -2.36. The summed E-state index contributed by atoms with van der Waals surface area (Å²) in [5.41, 5.74) is 9.25. The molecule has 0 aromatic heterocycles. The van der Waals surface area contributed by atoms with Crippen LogP contribution in [-0.4, -0.2) is 129 Å². The van der Waals surface area contributed by atoms with Crippen molar-refractivity contribution in [3.05, 3.63) is 53.6 Å². The van der Waals surface area contributed by atoms with E-state index < -0.39 is 18.1 Å². The molecule has 0 saturated carbocycles. The van der Waals surface area contributed by atoms with E-state index >= 15 is 0 Å². The summed E-state index contributed by atoms with van der Waals surface area (Å²) in [6.45, 7) is 4.26. The number of carbonyl (C=O) groups excluding carboxylic acids is 5. The fourth-order valence-electron chi connectivity index (χ4n) is 5.93. The third-order valence-corrected chi connectivity index (χ3v) is 8.65. The van der Waals surface area contributed by atoms with Gasteiger partial charge >= 0.3 is 6.03 Å². The van der Waals surface area contributed by atoms with Gasteiger partial charge in [-0.25, -0.2) is 4.79 Å². The largest absolute Gasteiger partial charge is 0.399 e. The van der Waals surface area contributed by atoms with Crippen LogP contribution in [0.2, 0.25) is 0 Å². The van der Waals surface area contributed by atoms with Crippen LogP contribution in [0.3, 0.4) is 0 Å². The number of nitrogens with one attached hydrogen (secondary N) is 3. The summed E-state index contributed by atoms with van der Waals surface area (Å²) in [5.74, 6) is -1.34. The van der Waals surface area contributed by atoms with Crippen LogP contribution in [0.25, 0.3) is 0 Å². The highest BCUT2D eigenvalue weighted by Gasteiger charge is 2.39. The fraction of sp³-hybridized carbons (Fsp3) is 0.500. The lowest BCUT2D eigenvalue weighted by molar-refractivity contribution is -0.137. The number of amides is 6. The first-order chi connectivity index (χ1) is 24.2. The van der Waals surface area contributed by atoms with Crippen molar-refractivity contribution in [2.45, 2.75) is 38.0 Å². The molecule has 3 aliphatic heterocycles. The second-order valence-electron chi connectivity index (χ2n) is 12.3. The molecule has 5 rings (SSSR count). The smallest absolute Gasteiger partial charge is 0.317 e. The third-order valence-electron chi connectivity index (χ3n) is 8.65. The number of nitrogens with two attached hydrogens (primary N) is 1. The number of ether oxygens (including phenoxy) is 3. The lowest BCUT2D eigenvalue weighted by atomic mass is 10.0. The van der Waals surface area contributed by atoms with E-state index in [0.717, 1.165) is 5.69 Å². The van der Waals surface area contributed by atoms with Crippen LogP contribution in [0.5, 0.6) is 0 Å². The number of urea groups is 1. The molecule has 50 heavy (non-hydrogen) atoms. The van der Waals surface area contributed by atoms with Crippen molar-refractivity contribution in [1.29, 1.82) is 0 Å². The average Bonchev–Trinajstić information content (AvgIpc) is 3.43. The molecule has 0 spiro atoms. The summed E-state index contributed by atoms with van der Waals surface area (Å²) >= 11 is 0. The minimum Gasteiger partial charge on any atom is -0.399 e. The van der Waals surface area contributed by atoms with Crippen LogP contribution in [0, 0.1) is 0 Å². The molecule has 2 aromatic rings. The minimum absolute atomic E-state index is 0.0544. The maximum Gasteiger partial charge on any atom is 0.317 e. The van der Waals surface area contributed by atoms with E-state index in [0.29, 0.717) is 61.9 Å². The molecule has 2 unspecified atom stereocenters. The first-order valence-corrected chi connectivity index (χ1v) is 16.8. The zero-order chi connectivity index (χ0) is 35.5. The average molecular weight is 696 g/mol. The Morgan fingerprint density at radius 3 is 2.36 bits per heavy atom. The Morgan fingerprint density at radius 1 is 0.940 bits per heavy atom. The van der Waals surface area contributed by atoms with Crippen LogP contribution in [0.4, 0.5) is 21.9 Å². The number of hydrogen-bond donors (Lipinski definition) is 5. The van der Waals surface area contributed by atoms with Crippen LogP contribution >= 0.6 is 0 Å². The van der Waals surface area contributed by atoms with E-state index in [1.54, 1.807) is 23.1 Å². The van der Waals surface area contributed by atoms with Crippen LogP contribution in [-0.2, 0) is 35.1 Å². The minimum atomic E-state index is -0.851. The maximum absolute atomic E-state index is 12.8. The molecule has 2 atom stereocenters. The zero-order valence-corrected chi connectivity index (χ0v) is 27.9. The number of nitrogens with zero attached hydrogens (tertiary/aromatic N) is 3. The van der Waals surface area contributed by atoms with E-state index in [9.17, 15) is 29.1 Å². The molecule has 270 valence electrons. The van der Waals surface area contributed by atoms with Crippen molar-refractivity contribution in [3.8, 4) is 0 Å². The Kier molecular flexibility index (Phi) is 13.0. The second kappa shape index (κ2) is 17.8. The number of piperazine rings is 1. The Morgan fingerprint density at radius 2 is 1.64 bits per heavy atom. The fourth-order valence-corrected chi connectivity index (χ4v) is 5.93. The number of rotatable bonds is 16. The van der Waals surface area contributed by atoms with E-state index in [2.05, 4.69) is 20.9 Å². The quantitative estimate of drug-likeness (QED) is 0.0918. The van der Waals surface area contributed by atoms with Gasteiger partial charge in [-0.1, -0.05) is 0 Å². The van der Waals surface area contributed by atoms with Gasteiger partial charge in [0.1, 0.15) is 6.04 Å². The molecule has 6 amide bonds. The van der Waals surface area contributed by atoms with Gasteiger partial charge in [-0.15, -0.1) is 0 Å². The second-order valence-corrected chi connectivity index (χ2v) is 12.3. The van der Waals surface area contributed by atoms with Gasteiger partial charge in [0.2, 0.25) is 17.7 Å². The highest BCUT2D eigenvalue weighted by Crippen LogP contribution is 2.29. The van der Waals surface area contributed by atoms with Crippen LogP contribution in [0.15, 0.2) is 42.5 Å². The summed E-state index contributed by atoms with van der Waals surface area (Å²) in [6, 6.07) is 11.7. The zero-order valence-electron chi connectivity index (χ0n) is 27.9. The molecule has 3 heterocycles. The van der Waals surface area contributed by atoms with Gasteiger partial charge in [-0.3, -0.25) is 24.5 Å². The predicted molar refractivity (Wildman–Crippen MR) is 182 cm³/mol. The molecule has 2 saturated heterocycles. The Hall–Kier alpha value is -4.77. The number of nitrogen functional groups attached to an aromatic ring is 1. The van der Waals surface area contributed by atoms with Crippen molar-refractivity contribution in [3.63, 3.8) is 0 Å². The lowest BCUT2D eigenvalue weighted by Crippen LogP contribution is -2.52.